The second-order valence-electron chi connectivity index (χ2n) is 4.85. The van der Waals surface area contributed by atoms with Crippen LogP contribution in [-0.4, -0.2) is 51.2 Å². The van der Waals surface area contributed by atoms with Crippen LogP contribution >= 0.6 is 0 Å². The van der Waals surface area contributed by atoms with E-state index in [0.717, 1.165) is 0 Å². The molecule has 0 amide bonds. The molecule has 9 heteroatoms. The van der Waals surface area contributed by atoms with Crippen molar-refractivity contribution in [3.05, 3.63) is 0 Å². The van der Waals surface area contributed by atoms with Crippen molar-refractivity contribution in [3.8, 4) is 0 Å². The van der Waals surface area contributed by atoms with Gasteiger partial charge in [-0.15, -0.1) is 0 Å². The van der Waals surface area contributed by atoms with Gasteiger partial charge in [0.1, 0.15) is 0 Å². The summed E-state index contributed by atoms with van der Waals surface area (Å²) >= 11 is 0. The van der Waals surface area contributed by atoms with Gasteiger partial charge in [-0.2, -0.15) is 0 Å². The van der Waals surface area contributed by atoms with Crippen LogP contribution < -0.4 is 4.72 Å². The highest BCUT2D eigenvalue weighted by Crippen LogP contribution is 2.18. The van der Waals surface area contributed by atoms with Gasteiger partial charge in [0.25, 0.3) is 0 Å². The van der Waals surface area contributed by atoms with E-state index >= 15 is 0 Å². The Morgan fingerprint density at radius 1 is 1.47 bits per heavy atom. The second-order valence-corrected chi connectivity index (χ2v) is 9.12. The number of rotatable bonds is 7. The van der Waals surface area contributed by atoms with Gasteiger partial charge in [-0.25, -0.2) is 21.6 Å². The molecule has 1 aliphatic rings. The van der Waals surface area contributed by atoms with Crippen molar-refractivity contribution in [1.29, 1.82) is 0 Å². The number of sulfonamides is 1. The van der Waals surface area contributed by atoms with Gasteiger partial charge in [-0.05, 0) is 19.3 Å². The molecule has 0 aromatic carbocycles. The van der Waals surface area contributed by atoms with Crippen molar-refractivity contribution < 1.29 is 26.7 Å². The molecule has 0 aromatic rings. The lowest BCUT2D eigenvalue weighted by atomic mass is 10.1. The fraction of sp³-hybridized carbons (Fsp3) is 0.900. The van der Waals surface area contributed by atoms with Crippen LogP contribution in [0.4, 0.5) is 0 Å². The van der Waals surface area contributed by atoms with E-state index in [2.05, 4.69) is 4.72 Å². The lowest BCUT2D eigenvalue weighted by Gasteiger charge is -2.12. The largest absolute Gasteiger partial charge is 0.481 e. The molecule has 1 rings (SSSR count). The molecule has 112 valence electrons. The Morgan fingerprint density at radius 2 is 2.11 bits per heavy atom. The van der Waals surface area contributed by atoms with Gasteiger partial charge in [0.05, 0.1) is 22.7 Å². The van der Waals surface area contributed by atoms with E-state index in [-0.39, 0.29) is 24.5 Å². The van der Waals surface area contributed by atoms with Crippen molar-refractivity contribution in [2.45, 2.75) is 31.4 Å². The standard InChI is InChI=1S/C10H19NO6S2/c1-8(10(12)13)3-2-5-11-19(16,17)9-4-6-18(14,15)7-9/h8-9,11H,2-7H2,1H3,(H,12,13). The van der Waals surface area contributed by atoms with E-state index in [1.54, 1.807) is 6.92 Å². The first-order chi connectivity index (χ1) is 8.64. The van der Waals surface area contributed by atoms with Crippen LogP contribution in [-0.2, 0) is 24.7 Å². The first-order valence-corrected chi connectivity index (χ1v) is 9.42. The Balaban J connectivity index is 2.38. The molecule has 0 aliphatic carbocycles. The Kier molecular flexibility index (Phi) is 5.34. The van der Waals surface area contributed by atoms with Crippen LogP contribution in [0.5, 0.6) is 0 Å². The van der Waals surface area contributed by atoms with Crippen molar-refractivity contribution in [2.24, 2.45) is 5.92 Å². The zero-order chi connectivity index (χ0) is 14.7. The van der Waals surface area contributed by atoms with Crippen molar-refractivity contribution in [1.82, 2.24) is 4.72 Å². The Morgan fingerprint density at radius 3 is 2.58 bits per heavy atom. The summed E-state index contributed by atoms with van der Waals surface area (Å²) in [5.74, 6) is -1.84. The molecular formula is C10H19NO6S2. The van der Waals surface area contributed by atoms with Crippen LogP contribution in [0.25, 0.3) is 0 Å². The number of nitrogens with one attached hydrogen (secondary N) is 1. The summed E-state index contributed by atoms with van der Waals surface area (Å²) < 4.78 is 48.4. The summed E-state index contributed by atoms with van der Waals surface area (Å²) in [6.45, 7) is 1.69. The molecule has 2 unspecified atom stereocenters. The van der Waals surface area contributed by atoms with Crippen LogP contribution in [0.2, 0.25) is 0 Å². The summed E-state index contributed by atoms with van der Waals surface area (Å²) in [4.78, 5) is 10.6. The van der Waals surface area contributed by atoms with Crippen molar-refractivity contribution in [3.63, 3.8) is 0 Å². The average molecular weight is 313 g/mol. The molecule has 0 saturated carbocycles. The van der Waals surface area contributed by atoms with Crippen molar-refractivity contribution >= 4 is 25.8 Å². The van der Waals surface area contributed by atoms with Gasteiger partial charge in [0.15, 0.2) is 9.84 Å². The molecule has 0 bridgehead atoms. The molecular weight excluding hydrogens is 294 g/mol. The number of sulfone groups is 1. The molecule has 1 aliphatic heterocycles. The lowest BCUT2D eigenvalue weighted by Crippen LogP contribution is -2.35. The quantitative estimate of drug-likeness (QED) is 0.617. The summed E-state index contributed by atoms with van der Waals surface area (Å²) in [7, 11) is -6.86. The third-order valence-electron chi connectivity index (χ3n) is 3.17. The molecule has 7 nitrogen and oxygen atoms in total. The molecule has 1 fully saturated rings. The summed E-state index contributed by atoms with van der Waals surface area (Å²) in [6.07, 6.45) is 0.913. The summed E-state index contributed by atoms with van der Waals surface area (Å²) in [5, 5.41) is 7.79. The molecule has 2 N–H and O–H groups in total. The fourth-order valence-corrected chi connectivity index (χ4v) is 5.99. The van der Waals surface area contributed by atoms with Gasteiger partial charge in [0.2, 0.25) is 10.0 Å². The van der Waals surface area contributed by atoms with Crippen LogP contribution in [0.15, 0.2) is 0 Å². The Bertz CT molecular complexity index is 524. The summed E-state index contributed by atoms with van der Waals surface area (Å²) in [5.41, 5.74) is 0. The minimum absolute atomic E-state index is 0.0887. The molecule has 0 spiro atoms. The van der Waals surface area contributed by atoms with Crippen LogP contribution in [0.3, 0.4) is 0 Å². The number of aliphatic carboxylic acids is 1. The molecule has 1 heterocycles. The Hall–Kier alpha value is -0.670. The van der Waals surface area contributed by atoms with E-state index in [9.17, 15) is 21.6 Å². The van der Waals surface area contributed by atoms with Gasteiger partial charge in [-0.3, -0.25) is 4.79 Å². The maximum absolute atomic E-state index is 11.8. The highest BCUT2D eigenvalue weighted by atomic mass is 32.2. The van der Waals surface area contributed by atoms with E-state index < -0.39 is 37.0 Å². The SMILES string of the molecule is CC(CCCNS(=O)(=O)C1CCS(=O)(=O)C1)C(=O)O. The number of carboxylic acids is 1. The topological polar surface area (TPSA) is 118 Å². The van der Waals surface area contributed by atoms with Gasteiger partial charge < -0.3 is 5.11 Å². The normalized spacial score (nSPS) is 24.2. The third kappa shape index (κ3) is 5.07. The number of hydrogen-bond acceptors (Lipinski definition) is 5. The zero-order valence-electron chi connectivity index (χ0n) is 10.7. The highest BCUT2D eigenvalue weighted by Gasteiger charge is 2.36. The highest BCUT2D eigenvalue weighted by molar-refractivity contribution is 7.95. The van der Waals surface area contributed by atoms with E-state index in [0.29, 0.717) is 12.8 Å². The van der Waals surface area contributed by atoms with E-state index in [4.69, 9.17) is 5.11 Å². The Labute approximate surface area is 113 Å². The van der Waals surface area contributed by atoms with Gasteiger partial charge >= 0.3 is 5.97 Å². The predicted molar refractivity (Wildman–Crippen MR) is 70.0 cm³/mol. The monoisotopic (exact) mass is 313 g/mol. The molecule has 0 aromatic heterocycles. The lowest BCUT2D eigenvalue weighted by molar-refractivity contribution is -0.141. The maximum atomic E-state index is 11.8. The third-order valence-corrected chi connectivity index (χ3v) is 7.03. The summed E-state index contributed by atoms with van der Waals surface area (Å²) in [6, 6.07) is 0. The molecule has 0 radical (unpaired) electrons. The number of carbonyl (C=O) groups is 1. The predicted octanol–water partition coefficient (Wildman–Crippen LogP) is -0.406. The average Bonchev–Trinajstić information content (AvgIpc) is 2.65. The first kappa shape index (κ1) is 16.4. The molecule has 19 heavy (non-hydrogen) atoms. The van der Waals surface area contributed by atoms with Gasteiger partial charge in [0, 0.05) is 6.54 Å². The maximum Gasteiger partial charge on any atom is 0.306 e. The van der Waals surface area contributed by atoms with Crippen LogP contribution in [0, 0.1) is 5.92 Å². The number of carboxylic acid groups (broad SMARTS) is 1. The van der Waals surface area contributed by atoms with Crippen molar-refractivity contribution in [2.75, 3.05) is 18.1 Å². The van der Waals surface area contributed by atoms with Gasteiger partial charge in [-0.1, -0.05) is 6.92 Å². The van der Waals surface area contributed by atoms with Crippen LogP contribution in [0.1, 0.15) is 26.2 Å². The smallest absolute Gasteiger partial charge is 0.306 e. The van der Waals surface area contributed by atoms with E-state index in [1.807, 2.05) is 0 Å². The molecule has 2 atom stereocenters. The zero-order valence-corrected chi connectivity index (χ0v) is 12.3. The second kappa shape index (κ2) is 6.19. The van der Waals surface area contributed by atoms with E-state index in [1.165, 1.54) is 0 Å². The first-order valence-electron chi connectivity index (χ1n) is 6.06. The fourth-order valence-electron chi connectivity index (χ4n) is 1.87. The minimum Gasteiger partial charge on any atom is -0.481 e. The molecule has 1 saturated heterocycles. The number of hydrogen-bond donors (Lipinski definition) is 2. The minimum atomic E-state index is -3.63.